The summed E-state index contributed by atoms with van der Waals surface area (Å²) in [5.74, 6) is 2.52. The number of carbonyl (C=O) groups is 1. The predicted octanol–water partition coefficient (Wildman–Crippen LogP) is 1.91. The molecule has 0 spiro atoms. The molecule has 1 aliphatic heterocycles. The molecule has 2 aromatic rings. The van der Waals surface area contributed by atoms with E-state index >= 15 is 0 Å². The number of hydrogen-bond acceptors (Lipinski definition) is 4. The Kier molecular flexibility index (Phi) is 4.74. The molecule has 3 rings (SSSR count). The molecular weight excluding hydrogens is 306 g/mol. The van der Waals surface area contributed by atoms with Crippen molar-refractivity contribution < 1.29 is 14.3 Å². The maximum absolute atomic E-state index is 12.7. The Morgan fingerprint density at radius 2 is 2.33 bits per heavy atom. The Bertz CT molecular complexity index is 726. The van der Waals surface area contributed by atoms with Crippen LogP contribution in [-0.4, -0.2) is 47.7 Å². The molecule has 1 amide bonds. The van der Waals surface area contributed by atoms with Crippen LogP contribution in [-0.2, 0) is 17.8 Å². The van der Waals surface area contributed by atoms with Crippen molar-refractivity contribution in [2.24, 2.45) is 5.92 Å². The van der Waals surface area contributed by atoms with Gasteiger partial charge in [0.25, 0.3) is 0 Å². The molecule has 1 aromatic heterocycles. The van der Waals surface area contributed by atoms with E-state index in [1.54, 1.807) is 18.2 Å². The normalized spacial score (nSPS) is 16.2. The standard InChI is InChI=1S/C18H23N3O3/c1-13-19-6-7-21(13)9-8-20(2)18(22)15-10-14-4-5-16(23-3)11-17(14)24-12-15/h4-7,11,15H,8-10,12H2,1-3H3/t15-/m1/s1. The molecule has 0 aliphatic carbocycles. The van der Waals surface area contributed by atoms with Gasteiger partial charge < -0.3 is 18.9 Å². The van der Waals surface area contributed by atoms with Gasteiger partial charge in [-0.15, -0.1) is 0 Å². The Morgan fingerprint density at radius 3 is 3.04 bits per heavy atom. The van der Waals surface area contributed by atoms with Crippen LogP contribution in [0.15, 0.2) is 30.6 Å². The number of ether oxygens (including phenoxy) is 2. The molecular formula is C18H23N3O3. The molecule has 0 fully saturated rings. The number of likely N-dealkylation sites (N-methyl/N-ethyl adjacent to an activating group) is 1. The number of rotatable bonds is 5. The smallest absolute Gasteiger partial charge is 0.229 e. The van der Waals surface area contributed by atoms with Crippen molar-refractivity contribution in [1.82, 2.24) is 14.5 Å². The lowest BCUT2D eigenvalue weighted by Crippen LogP contribution is -2.40. The Hall–Kier alpha value is -2.50. The van der Waals surface area contributed by atoms with Gasteiger partial charge in [-0.3, -0.25) is 4.79 Å². The van der Waals surface area contributed by atoms with Gasteiger partial charge in [0.05, 0.1) is 13.0 Å². The number of hydrogen-bond donors (Lipinski definition) is 0. The summed E-state index contributed by atoms with van der Waals surface area (Å²) in [7, 11) is 3.48. The van der Waals surface area contributed by atoms with Crippen molar-refractivity contribution in [1.29, 1.82) is 0 Å². The zero-order valence-electron chi connectivity index (χ0n) is 14.4. The van der Waals surface area contributed by atoms with Gasteiger partial charge in [0.15, 0.2) is 0 Å². The van der Waals surface area contributed by atoms with Gasteiger partial charge in [-0.2, -0.15) is 0 Å². The maximum Gasteiger partial charge on any atom is 0.229 e. The van der Waals surface area contributed by atoms with Crippen molar-refractivity contribution in [2.75, 3.05) is 27.3 Å². The minimum Gasteiger partial charge on any atom is -0.497 e. The highest BCUT2D eigenvalue weighted by molar-refractivity contribution is 5.79. The van der Waals surface area contributed by atoms with Crippen LogP contribution in [0.5, 0.6) is 11.5 Å². The lowest BCUT2D eigenvalue weighted by atomic mass is 9.95. The number of benzene rings is 1. The third-order valence-corrected chi connectivity index (χ3v) is 4.51. The quantitative estimate of drug-likeness (QED) is 0.841. The first-order valence-electron chi connectivity index (χ1n) is 8.11. The number of methoxy groups -OCH3 is 1. The van der Waals surface area contributed by atoms with Gasteiger partial charge >= 0.3 is 0 Å². The molecule has 0 radical (unpaired) electrons. The van der Waals surface area contributed by atoms with Crippen LogP contribution in [0, 0.1) is 12.8 Å². The van der Waals surface area contributed by atoms with Crippen molar-refractivity contribution in [3.63, 3.8) is 0 Å². The van der Waals surface area contributed by atoms with E-state index in [0.29, 0.717) is 19.6 Å². The Balaban J connectivity index is 1.60. The monoisotopic (exact) mass is 329 g/mol. The van der Waals surface area contributed by atoms with E-state index in [-0.39, 0.29) is 11.8 Å². The lowest BCUT2D eigenvalue weighted by molar-refractivity contribution is -0.135. The summed E-state index contributed by atoms with van der Waals surface area (Å²) in [6, 6.07) is 5.75. The van der Waals surface area contributed by atoms with E-state index in [1.807, 2.05) is 42.9 Å². The van der Waals surface area contributed by atoms with Crippen molar-refractivity contribution in [3.8, 4) is 11.5 Å². The fourth-order valence-corrected chi connectivity index (χ4v) is 2.96. The SMILES string of the molecule is COc1ccc2c(c1)OC[C@H](C(=O)N(C)CCn1ccnc1C)C2. The third-order valence-electron chi connectivity index (χ3n) is 4.51. The number of carbonyl (C=O) groups excluding carboxylic acids is 1. The molecule has 1 atom stereocenters. The molecule has 6 heteroatoms. The highest BCUT2D eigenvalue weighted by atomic mass is 16.5. The Labute approximate surface area is 142 Å². The number of aryl methyl sites for hydroxylation is 1. The van der Waals surface area contributed by atoms with Crippen LogP contribution >= 0.6 is 0 Å². The molecule has 1 aliphatic rings. The molecule has 1 aromatic carbocycles. The average Bonchev–Trinajstić information content (AvgIpc) is 3.03. The van der Waals surface area contributed by atoms with Gasteiger partial charge in [0, 0.05) is 38.6 Å². The molecule has 0 unspecified atom stereocenters. The molecule has 0 saturated heterocycles. The van der Waals surface area contributed by atoms with Crippen LogP contribution in [0.2, 0.25) is 0 Å². The second-order valence-corrected chi connectivity index (χ2v) is 6.11. The molecule has 24 heavy (non-hydrogen) atoms. The van der Waals surface area contributed by atoms with Crippen LogP contribution in [0.3, 0.4) is 0 Å². The van der Waals surface area contributed by atoms with Gasteiger partial charge in [0.2, 0.25) is 5.91 Å². The first kappa shape index (κ1) is 16.4. The molecule has 128 valence electrons. The van der Waals surface area contributed by atoms with E-state index in [2.05, 4.69) is 4.98 Å². The second kappa shape index (κ2) is 6.95. The van der Waals surface area contributed by atoms with E-state index in [4.69, 9.17) is 9.47 Å². The molecule has 0 N–H and O–H groups in total. The van der Waals surface area contributed by atoms with Crippen molar-refractivity contribution in [2.45, 2.75) is 19.9 Å². The summed E-state index contributed by atoms with van der Waals surface area (Å²) >= 11 is 0. The highest BCUT2D eigenvalue weighted by Gasteiger charge is 2.28. The van der Waals surface area contributed by atoms with Gasteiger partial charge in [-0.05, 0) is 25.0 Å². The van der Waals surface area contributed by atoms with Gasteiger partial charge in [-0.1, -0.05) is 6.07 Å². The van der Waals surface area contributed by atoms with E-state index in [9.17, 15) is 4.79 Å². The minimum atomic E-state index is -0.139. The van der Waals surface area contributed by atoms with Crippen molar-refractivity contribution in [3.05, 3.63) is 42.0 Å². The summed E-state index contributed by atoms with van der Waals surface area (Å²) in [6.07, 6.45) is 4.41. The lowest BCUT2D eigenvalue weighted by Gasteiger charge is -2.28. The minimum absolute atomic E-state index is 0.120. The average molecular weight is 329 g/mol. The highest BCUT2D eigenvalue weighted by Crippen LogP contribution is 2.31. The molecule has 2 heterocycles. The summed E-state index contributed by atoms with van der Waals surface area (Å²) in [4.78, 5) is 18.6. The fraction of sp³-hybridized carbons (Fsp3) is 0.444. The number of amides is 1. The van der Waals surface area contributed by atoms with Gasteiger partial charge in [0.1, 0.15) is 23.9 Å². The van der Waals surface area contributed by atoms with Gasteiger partial charge in [-0.25, -0.2) is 4.98 Å². The number of nitrogens with zero attached hydrogens (tertiary/aromatic N) is 3. The molecule has 0 bridgehead atoms. The van der Waals surface area contributed by atoms with E-state index in [0.717, 1.165) is 29.4 Å². The summed E-state index contributed by atoms with van der Waals surface area (Å²) < 4.78 is 13.0. The number of imidazole rings is 1. The van der Waals surface area contributed by atoms with Crippen molar-refractivity contribution >= 4 is 5.91 Å². The second-order valence-electron chi connectivity index (χ2n) is 6.11. The van der Waals surface area contributed by atoms with Crippen LogP contribution < -0.4 is 9.47 Å². The third kappa shape index (κ3) is 3.37. The summed E-state index contributed by atoms with van der Waals surface area (Å²) in [5.41, 5.74) is 1.05. The fourth-order valence-electron chi connectivity index (χ4n) is 2.96. The number of fused-ring (bicyclic) bond motifs is 1. The topological polar surface area (TPSA) is 56.6 Å². The Morgan fingerprint density at radius 1 is 1.50 bits per heavy atom. The zero-order chi connectivity index (χ0) is 17.1. The first-order chi connectivity index (χ1) is 11.6. The predicted molar refractivity (Wildman–Crippen MR) is 90.3 cm³/mol. The van der Waals surface area contributed by atoms with Crippen LogP contribution in [0.1, 0.15) is 11.4 Å². The van der Waals surface area contributed by atoms with E-state index < -0.39 is 0 Å². The van der Waals surface area contributed by atoms with Crippen LogP contribution in [0.4, 0.5) is 0 Å². The first-order valence-corrected chi connectivity index (χ1v) is 8.11. The zero-order valence-corrected chi connectivity index (χ0v) is 14.4. The largest absolute Gasteiger partial charge is 0.497 e. The van der Waals surface area contributed by atoms with Crippen LogP contribution in [0.25, 0.3) is 0 Å². The summed E-state index contributed by atoms with van der Waals surface area (Å²) in [6.45, 7) is 3.77. The maximum atomic E-state index is 12.7. The van der Waals surface area contributed by atoms with E-state index in [1.165, 1.54) is 0 Å². The number of aromatic nitrogens is 2. The molecule has 6 nitrogen and oxygen atoms in total. The molecule has 0 saturated carbocycles. The summed E-state index contributed by atoms with van der Waals surface area (Å²) in [5, 5.41) is 0.